The van der Waals surface area contributed by atoms with Gasteiger partial charge in [0.2, 0.25) is 0 Å². The average molecular weight is 289 g/mol. The molecule has 1 fully saturated rings. The Morgan fingerprint density at radius 1 is 1.48 bits per heavy atom. The highest BCUT2D eigenvalue weighted by Gasteiger charge is 2.28. The second-order valence-corrected chi connectivity index (χ2v) is 5.35. The Balaban J connectivity index is 1.94. The van der Waals surface area contributed by atoms with Gasteiger partial charge in [-0.15, -0.1) is 0 Å². The van der Waals surface area contributed by atoms with Crippen LogP contribution in [0.15, 0.2) is 23.5 Å². The SMILES string of the molecule is CN(C)C=Nc1ncnn2c(C3CCC(CO)O3)ccc12. The lowest BCUT2D eigenvalue weighted by molar-refractivity contribution is 0.00856. The highest BCUT2D eigenvalue weighted by molar-refractivity contribution is 5.70. The summed E-state index contributed by atoms with van der Waals surface area (Å²) in [7, 11) is 3.82. The molecular weight excluding hydrogens is 270 g/mol. The fourth-order valence-electron chi connectivity index (χ4n) is 2.51. The number of nitrogens with zero attached hydrogens (tertiary/aromatic N) is 5. The van der Waals surface area contributed by atoms with Crippen molar-refractivity contribution in [1.29, 1.82) is 0 Å². The van der Waals surface area contributed by atoms with Gasteiger partial charge in [-0.05, 0) is 25.0 Å². The molecule has 1 aliphatic rings. The summed E-state index contributed by atoms with van der Waals surface area (Å²) in [5.74, 6) is 0.627. The first kappa shape index (κ1) is 14.0. The number of hydrogen-bond acceptors (Lipinski definition) is 5. The van der Waals surface area contributed by atoms with E-state index in [0.29, 0.717) is 5.82 Å². The van der Waals surface area contributed by atoms with Crippen molar-refractivity contribution in [3.8, 4) is 0 Å². The number of aromatic nitrogens is 3. The molecule has 2 unspecified atom stereocenters. The number of aliphatic imine (C=N–C) groups is 1. The Bertz CT molecular complexity index is 652. The minimum Gasteiger partial charge on any atom is -0.394 e. The third-order valence-corrected chi connectivity index (χ3v) is 3.51. The fourth-order valence-corrected chi connectivity index (χ4v) is 2.51. The van der Waals surface area contributed by atoms with E-state index in [1.165, 1.54) is 6.33 Å². The Hall–Kier alpha value is -1.99. The molecule has 112 valence electrons. The molecular formula is C14H19N5O2. The van der Waals surface area contributed by atoms with E-state index in [9.17, 15) is 5.11 Å². The molecule has 2 atom stereocenters. The van der Waals surface area contributed by atoms with E-state index >= 15 is 0 Å². The standard InChI is InChI=1S/C14H19N5O2/c1-18(2)9-16-14-12-5-4-11(19(12)17-8-15-14)13-6-3-10(7-20)21-13/h4-5,8-10,13,20H,3,6-7H2,1-2H3. The van der Waals surface area contributed by atoms with E-state index < -0.39 is 0 Å². The molecule has 0 amide bonds. The summed E-state index contributed by atoms with van der Waals surface area (Å²) in [6.45, 7) is 0.0627. The fraction of sp³-hybridized carbons (Fsp3) is 0.500. The zero-order valence-corrected chi connectivity index (χ0v) is 12.2. The molecule has 21 heavy (non-hydrogen) atoms. The van der Waals surface area contributed by atoms with Crippen molar-refractivity contribution in [1.82, 2.24) is 19.5 Å². The van der Waals surface area contributed by atoms with Gasteiger partial charge in [0.25, 0.3) is 0 Å². The van der Waals surface area contributed by atoms with Crippen molar-refractivity contribution < 1.29 is 9.84 Å². The first-order valence-electron chi connectivity index (χ1n) is 6.98. The summed E-state index contributed by atoms with van der Waals surface area (Å²) in [6.07, 6.45) is 4.85. The predicted octanol–water partition coefficient (Wildman–Crippen LogP) is 1.16. The zero-order chi connectivity index (χ0) is 14.8. The lowest BCUT2D eigenvalue weighted by Gasteiger charge is -2.12. The van der Waals surface area contributed by atoms with E-state index in [0.717, 1.165) is 24.1 Å². The smallest absolute Gasteiger partial charge is 0.181 e. The monoisotopic (exact) mass is 289 g/mol. The topological polar surface area (TPSA) is 75.3 Å². The first-order chi connectivity index (χ1) is 10.2. The van der Waals surface area contributed by atoms with Crippen LogP contribution in [0.1, 0.15) is 24.6 Å². The molecule has 0 bridgehead atoms. The highest BCUT2D eigenvalue weighted by atomic mass is 16.5. The maximum atomic E-state index is 9.18. The van der Waals surface area contributed by atoms with Gasteiger partial charge in [-0.2, -0.15) is 5.10 Å². The number of fused-ring (bicyclic) bond motifs is 1. The van der Waals surface area contributed by atoms with Gasteiger partial charge in [-0.1, -0.05) is 0 Å². The highest BCUT2D eigenvalue weighted by Crippen LogP contribution is 2.34. The molecule has 7 heteroatoms. The second-order valence-electron chi connectivity index (χ2n) is 5.35. The molecule has 3 heterocycles. The minimum absolute atomic E-state index is 0.0368. The average Bonchev–Trinajstić information content (AvgIpc) is 3.10. The van der Waals surface area contributed by atoms with Gasteiger partial charge in [0, 0.05) is 14.1 Å². The molecule has 0 spiro atoms. The van der Waals surface area contributed by atoms with E-state index in [1.54, 1.807) is 6.34 Å². The van der Waals surface area contributed by atoms with Gasteiger partial charge in [0.15, 0.2) is 5.82 Å². The molecule has 1 N–H and O–H groups in total. The number of hydrogen-bond donors (Lipinski definition) is 1. The third kappa shape index (κ3) is 2.74. The summed E-state index contributed by atoms with van der Waals surface area (Å²) in [5.41, 5.74) is 1.83. The van der Waals surface area contributed by atoms with Crippen LogP contribution in [0.5, 0.6) is 0 Å². The Morgan fingerprint density at radius 2 is 2.33 bits per heavy atom. The maximum Gasteiger partial charge on any atom is 0.181 e. The van der Waals surface area contributed by atoms with Crippen molar-refractivity contribution in [2.24, 2.45) is 4.99 Å². The zero-order valence-electron chi connectivity index (χ0n) is 12.2. The van der Waals surface area contributed by atoms with Crippen molar-refractivity contribution in [3.63, 3.8) is 0 Å². The Morgan fingerprint density at radius 3 is 3.05 bits per heavy atom. The third-order valence-electron chi connectivity index (χ3n) is 3.51. The molecule has 1 saturated heterocycles. The van der Waals surface area contributed by atoms with E-state index in [2.05, 4.69) is 15.1 Å². The Kier molecular flexibility index (Phi) is 3.85. The van der Waals surface area contributed by atoms with Crippen molar-refractivity contribution in [2.75, 3.05) is 20.7 Å². The second kappa shape index (κ2) is 5.79. The van der Waals surface area contributed by atoms with Gasteiger partial charge >= 0.3 is 0 Å². The number of ether oxygens (including phenoxy) is 1. The van der Waals surface area contributed by atoms with Crippen LogP contribution in [0.2, 0.25) is 0 Å². The van der Waals surface area contributed by atoms with Crippen LogP contribution in [0, 0.1) is 0 Å². The van der Waals surface area contributed by atoms with E-state index in [4.69, 9.17) is 4.74 Å². The lowest BCUT2D eigenvalue weighted by atomic mass is 10.1. The largest absolute Gasteiger partial charge is 0.394 e. The number of aliphatic hydroxyl groups is 1. The predicted molar refractivity (Wildman–Crippen MR) is 78.8 cm³/mol. The molecule has 0 radical (unpaired) electrons. The molecule has 1 aliphatic heterocycles. The summed E-state index contributed by atoms with van der Waals surface area (Å²) < 4.78 is 7.64. The molecule has 2 aromatic heterocycles. The van der Waals surface area contributed by atoms with Gasteiger partial charge < -0.3 is 14.7 Å². The quantitative estimate of drug-likeness (QED) is 0.675. The molecule has 0 aliphatic carbocycles. The van der Waals surface area contributed by atoms with Crippen molar-refractivity contribution in [3.05, 3.63) is 24.2 Å². The first-order valence-corrected chi connectivity index (χ1v) is 6.98. The molecule has 0 saturated carbocycles. The summed E-state index contributed by atoms with van der Waals surface area (Å²) in [5, 5.41) is 13.5. The van der Waals surface area contributed by atoms with Crippen LogP contribution >= 0.6 is 0 Å². The van der Waals surface area contributed by atoms with E-state index in [-0.39, 0.29) is 18.8 Å². The van der Waals surface area contributed by atoms with Crippen molar-refractivity contribution in [2.45, 2.75) is 25.0 Å². The lowest BCUT2D eigenvalue weighted by Crippen LogP contribution is -2.12. The molecule has 3 rings (SSSR count). The van der Waals surface area contributed by atoms with Crippen LogP contribution < -0.4 is 0 Å². The molecule has 2 aromatic rings. The van der Waals surface area contributed by atoms with Crippen LogP contribution in [0.3, 0.4) is 0 Å². The maximum absolute atomic E-state index is 9.18. The summed E-state index contributed by atoms with van der Waals surface area (Å²) in [6, 6.07) is 3.94. The van der Waals surface area contributed by atoms with Gasteiger partial charge in [0.05, 0.1) is 24.7 Å². The van der Waals surface area contributed by atoms with Crippen molar-refractivity contribution >= 4 is 17.7 Å². The van der Waals surface area contributed by atoms with Crippen LogP contribution in [-0.4, -0.2) is 57.7 Å². The van der Waals surface area contributed by atoms with Gasteiger partial charge in [-0.25, -0.2) is 14.5 Å². The van der Waals surface area contributed by atoms with Crippen LogP contribution in [-0.2, 0) is 4.74 Å². The summed E-state index contributed by atoms with van der Waals surface area (Å²) in [4.78, 5) is 10.4. The Labute approximate surface area is 122 Å². The van der Waals surface area contributed by atoms with Gasteiger partial charge in [0.1, 0.15) is 17.9 Å². The number of aliphatic hydroxyl groups excluding tert-OH is 1. The minimum atomic E-state index is -0.0754. The van der Waals surface area contributed by atoms with Crippen LogP contribution in [0.4, 0.5) is 5.82 Å². The van der Waals surface area contributed by atoms with Gasteiger partial charge in [-0.3, -0.25) is 0 Å². The number of rotatable bonds is 4. The normalized spacial score (nSPS) is 22.4. The van der Waals surface area contributed by atoms with Crippen LogP contribution in [0.25, 0.3) is 5.52 Å². The molecule has 0 aromatic carbocycles. The molecule has 7 nitrogen and oxygen atoms in total. The van der Waals surface area contributed by atoms with E-state index in [1.807, 2.05) is 35.6 Å². The summed E-state index contributed by atoms with van der Waals surface area (Å²) >= 11 is 0.